The third kappa shape index (κ3) is 3.12. The Labute approximate surface area is 110 Å². The molecule has 1 aromatic heterocycles. The van der Waals surface area contributed by atoms with Gasteiger partial charge in [-0.1, -0.05) is 6.92 Å². The molecule has 1 atom stereocenters. The summed E-state index contributed by atoms with van der Waals surface area (Å²) in [6, 6.07) is 0. The van der Waals surface area contributed by atoms with Crippen LogP contribution < -0.4 is 5.32 Å². The van der Waals surface area contributed by atoms with Gasteiger partial charge < -0.3 is 10.1 Å². The van der Waals surface area contributed by atoms with E-state index < -0.39 is 0 Å². The Hall–Kier alpha value is -0.870. The quantitative estimate of drug-likeness (QED) is 0.872. The monoisotopic (exact) mass is 251 g/mol. The normalized spacial score (nSPS) is 22.6. The van der Waals surface area contributed by atoms with Gasteiger partial charge in [0.15, 0.2) is 0 Å². The zero-order chi connectivity index (χ0) is 13.2. The molecule has 0 spiro atoms. The van der Waals surface area contributed by atoms with Crippen molar-refractivity contribution in [1.29, 1.82) is 0 Å². The van der Waals surface area contributed by atoms with E-state index in [9.17, 15) is 0 Å². The molecule has 1 aliphatic heterocycles. The van der Waals surface area contributed by atoms with Crippen molar-refractivity contribution in [2.45, 2.75) is 65.3 Å². The standard InChI is InChI=1S/C14H25N3O/c1-5-15-8-12-9-16-17(11(12)2)10-13-6-7-14(3,4)18-13/h9,13,15H,5-8,10H2,1-4H3. The van der Waals surface area contributed by atoms with Gasteiger partial charge in [-0.2, -0.15) is 5.10 Å². The maximum absolute atomic E-state index is 6.02. The zero-order valence-corrected chi connectivity index (χ0v) is 12.0. The third-order valence-corrected chi connectivity index (χ3v) is 3.70. The smallest absolute Gasteiger partial charge is 0.0779 e. The lowest BCUT2D eigenvalue weighted by molar-refractivity contribution is -0.0232. The van der Waals surface area contributed by atoms with E-state index >= 15 is 0 Å². The van der Waals surface area contributed by atoms with Crippen LogP contribution in [-0.4, -0.2) is 28.0 Å². The molecular formula is C14H25N3O. The maximum atomic E-state index is 6.02. The highest BCUT2D eigenvalue weighted by Gasteiger charge is 2.32. The molecule has 1 N–H and O–H groups in total. The molecule has 2 rings (SSSR count). The number of ether oxygens (including phenoxy) is 1. The summed E-state index contributed by atoms with van der Waals surface area (Å²) in [4.78, 5) is 0. The van der Waals surface area contributed by atoms with Gasteiger partial charge >= 0.3 is 0 Å². The first-order valence-corrected chi connectivity index (χ1v) is 6.91. The minimum absolute atomic E-state index is 0.0400. The van der Waals surface area contributed by atoms with Crippen molar-refractivity contribution >= 4 is 0 Å². The van der Waals surface area contributed by atoms with Crippen LogP contribution in [0.1, 0.15) is 44.9 Å². The van der Waals surface area contributed by atoms with Gasteiger partial charge in [-0.15, -0.1) is 0 Å². The maximum Gasteiger partial charge on any atom is 0.0779 e. The minimum atomic E-state index is 0.0400. The van der Waals surface area contributed by atoms with Gasteiger partial charge in [-0.3, -0.25) is 4.68 Å². The molecule has 0 bridgehead atoms. The molecule has 0 aliphatic carbocycles. The molecule has 4 nitrogen and oxygen atoms in total. The van der Waals surface area contributed by atoms with Crippen molar-refractivity contribution in [2.24, 2.45) is 0 Å². The molecule has 2 heterocycles. The van der Waals surface area contributed by atoms with E-state index in [0.717, 1.165) is 32.5 Å². The minimum Gasteiger partial charge on any atom is -0.370 e. The van der Waals surface area contributed by atoms with Crippen molar-refractivity contribution in [3.63, 3.8) is 0 Å². The predicted molar refractivity (Wildman–Crippen MR) is 72.5 cm³/mol. The molecule has 1 aliphatic rings. The van der Waals surface area contributed by atoms with Crippen molar-refractivity contribution < 1.29 is 4.74 Å². The van der Waals surface area contributed by atoms with Crippen LogP contribution in [0.4, 0.5) is 0 Å². The van der Waals surface area contributed by atoms with Crippen molar-refractivity contribution in [3.05, 3.63) is 17.5 Å². The molecule has 1 fully saturated rings. The molecule has 0 aromatic carbocycles. The van der Waals surface area contributed by atoms with Crippen molar-refractivity contribution in [2.75, 3.05) is 6.54 Å². The Morgan fingerprint density at radius 2 is 2.33 bits per heavy atom. The summed E-state index contributed by atoms with van der Waals surface area (Å²) in [7, 11) is 0. The van der Waals surface area contributed by atoms with Gasteiger partial charge in [-0.05, 0) is 40.2 Å². The molecule has 18 heavy (non-hydrogen) atoms. The Morgan fingerprint density at radius 1 is 1.56 bits per heavy atom. The summed E-state index contributed by atoms with van der Waals surface area (Å²) in [5.74, 6) is 0. The highest BCUT2D eigenvalue weighted by Crippen LogP contribution is 2.30. The summed E-state index contributed by atoms with van der Waals surface area (Å²) in [5, 5.41) is 7.82. The molecule has 1 saturated heterocycles. The summed E-state index contributed by atoms with van der Waals surface area (Å²) >= 11 is 0. The van der Waals surface area contributed by atoms with Crippen LogP contribution in [-0.2, 0) is 17.8 Å². The van der Waals surface area contributed by atoms with Crippen molar-refractivity contribution in [3.8, 4) is 0 Å². The molecule has 1 aromatic rings. The Bertz CT molecular complexity index is 398. The number of aromatic nitrogens is 2. The SMILES string of the molecule is CCNCc1cnn(CC2CCC(C)(C)O2)c1C. The van der Waals surface area contributed by atoms with E-state index in [4.69, 9.17) is 4.74 Å². The van der Waals surface area contributed by atoms with Gasteiger partial charge in [0.1, 0.15) is 0 Å². The van der Waals surface area contributed by atoms with Crippen LogP contribution in [0.2, 0.25) is 0 Å². The highest BCUT2D eigenvalue weighted by molar-refractivity contribution is 5.15. The first-order valence-electron chi connectivity index (χ1n) is 6.91. The lowest BCUT2D eigenvalue weighted by atomic mass is 10.1. The fourth-order valence-corrected chi connectivity index (χ4v) is 2.50. The van der Waals surface area contributed by atoms with E-state index in [1.165, 1.54) is 11.3 Å². The van der Waals surface area contributed by atoms with E-state index in [2.05, 4.69) is 42.8 Å². The lowest BCUT2D eigenvalue weighted by Crippen LogP contribution is -2.23. The third-order valence-electron chi connectivity index (χ3n) is 3.70. The van der Waals surface area contributed by atoms with Gasteiger partial charge in [0.2, 0.25) is 0 Å². The Kier molecular flexibility index (Phi) is 4.07. The summed E-state index contributed by atoms with van der Waals surface area (Å²) in [6.45, 7) is 11.4. The van der Waals surface area contributed by atoms with Gasteiger partial charge in [0.25, 0.3) is 0 Å². The van der Waals surface area contributed by atoms with Crippen LogP contribution in [0, 0.1) is 6.92 Å². The summed E-state index contributed by atoms with van der Waals surface area (Å²) in [6.07, 6.45) is 4.56. The molecular weight excluding hydrogens is 226 g/mol. The molecule has 0 radical (unpaired) electrons. The average Bonchev–Trinajstić information content (AvgIpc) is 2.82. The Morgan fingerprint density at radius 3 is 2.94 bits per heavy atom. The van der Waals surface area contributed by atoms with Gasteiger partial charge in [0, 0.05) is 17.8 Å². The fraction of sp³-hybridized carbons (Fsp3) is 0.786. The van der Waals surface area contributed by atoms with E-state index in [0.29, 0.717) is 6.10 Å². The van der Waals surface area contributed by atoms with Crippen LogP contribution in [0.3, 0.4) is 0 Å². The Balaban J connectivity index is 1.96. The lowest BCUT2D eigenvalue weighted by Gasteiger charge is -2.19. The van der Waals surface area contributed by atoms with Crippen LogP contribution >= 0.6 is 0 Å². The van der Waals surface area contributed by atoms with Crippen molar-refractivity contribution in [1.82, 2.24) is 15.1 Å². The number of hydrogen-bond donors (Lipinski definition) is 1. The fourth-order valence-electron chi connectivity index (χ4n) is 2.50. The zero-order valence-electron chi connectivity index (χ0n) is 12.0. The molecule has 0 saturated carbocycles. The largest absolute Gasteiger partial charge is 0.370 e. The average molecular weight is 251 g/mol. The second-order valence-electron chi connectivity index (χ2n) is 5.76. The van der Waals surface area contributed by atoms with E-state index in [-0.39, 0.29) is 5.60 Å². The van der Waals surface area contributed by atoms with Gasteiger partial charge in [-0.25, -0.2) is 0 Å². The van der Waals surface area contributed by atoms with Crippen LogP contribution in [0.15, 0.2) is 6.20 Å². The van der Waals surface area contributed by atoms with Crippen LogP contribution in [0.25, 0.3) is 0 Å². The number of nitrogens with one attached hydrogen (secondary N) is 1. The number of nitrogens with zero attached hydrogens (tertiary/aromatic N) is 2. The number of rotatable bonds is 5. The molecule has 102 valence electrons. The number of hydrogen-bond acceptors (Lipinski definition) is 3. The first-order chi connectivity index (χ1) is 8.52. The van der Waals surface area contributed by atoms with Gasteiger partial charge in [0.05, 0.1) is 24.4 Å². The second kappa shape index (κ2) is 5.41. The second-order valence-corrected chi connectivity index (χ2v) is 5.76. The molecule has 1 unspecified atom stereocenters. The topological polar surface area (TPSA) is 39.1 Å². The highest BCUT2D eigenvalue weighted by atomic mass is 16.5. The van der Waals surface area contributed by atoms with E-state index in [1.54, 1.807) is 0 Å². The van der Waals surface area contributed by atoms with Crippen LogP contribution in [0.5, 0.6) is 0 Å². The summed E-state index contributed by atoms with van der Waals surface area (Å²) in [5.41, 5.74) is 2.58. The molecule has 4 heteroatoms. The molecule has 0 amide bonds. The first kappa shape index (κ1) is 13.6. The summed E-state index contributed by atoms with van der Waals surface area (Å²) < 4.78 is 8.10. The van der Waals surface area contributed by atoms with E-state index in [1.807, 2.05) is 6.20 Å². The predicted octanol–water partition coefficient (Wildman–Crippen LogP) is 2.26.